The molecule has 1 aromatic heterocycles. The molecule has 0 unspecified atom stereocenters. The Morgan fingerprint density at radius 1 is 0.419 bits per heavy atom. The smallest absolute Gasteiger partial charge is 0.335 e. The van der Waals surface area contributed by atoms with Crippen LogP contribution in [-0.4, -0.2) is 83.5 Å². The maximum atomic E-state index is 12.4. The van der Waals surface area contributed by atoms with Crippen LogP contribution in [0.3, 0.4) is 0 Å². The maximum Gasteiger partial charge on any atom is 0.335 e. The van der Waals surface area contributed by atoms with Crippen LogP contribution in [0.2, 0.25) is 0 Å². The van der Waals surface area contributed by atoms with Crippen molar-refractivity contribution >= 4 is 76.9 Å². The van der Waals surface area contributed by atoms with Gasteiger partial charge in [0.05, 0.1) is 20.9 Å². The van der Waals surface area contributed by atoms with Gasteiger partial charge in [0, 0.05) is 74.4 Å². The lowest BCUT2D eigenvalue weighted by Gasteiger charge is -2.24. The van der Waals surface area contributed by atoms with E-state index in [1.54, 1.807) is 36.4 Å². The molecular formula is C96H92N4O14S3-2. The van der Waals surface area contributed by atoms with Crippen molar-refractivity contribution in [3.63, 3.8) is 0 Å². The van der Waals surface area contributed by atoms with Gasteiger partial charge >= 0.3 is 11.9 Å². The number of carboxylic acids is 2. The summed E-state index contributed by atoms with van der Waals surface area (Å²) in [5, 5.41) is 24.9. The number of aromatic nitrogens is 3. The van der Waals surface area contributed by atoms with Gasteiger partial charge in [0.25, 0.3) is 0 Å². The van der Waals surface area contributed by atoms with Gasteiger partial charge in [-0.05, 0) is 255 Å². The number of benzene rings is 11. The van der Waals surface area contributed by atoms with Crippen LogP contribution in [0.15, 0.2) is 222 Å². The Hall–Kier alpha value is -12.0. The number of anilines is 2. The number of hydrogen-bond donors (Lipinski definition) is 3. The summed E-state index contributed by atoms with van der Waals surface area (Å²) in [6, 6.07) is 65.5. The van der Waals surface area contributed by atoms with Crippen molar-refractivity contribution in [2.24, 2.45) is 0 Å². The number of nitrogens with zero attached hydrogens (tertiary/aromatic N) is 3. The monoisotopic (exact) mass is 1620 g/mol. The molecule has 12 aromatic rings. The first-order valence-electron chi connectivity index (χ1n) is 38.8. The lowest BCUT2D eigenvalue weighted by Crippen LogP contribution is -2.21. The van der Waals surface area contributed by atoms with E-state index in [9.17, 15) is 54.2 Å². The number of fused-ring (bicyclic) bond motifs is 4. The zero-order valence-electron chi connectivity index (χ0n) is 67.0. The van der Waals surface area contributed by atoms with Crippen LogP contribution in [0.5, 0.6) is 23.0 Å². The summed E-state index contributed by atoms with van der Waals surface area (Å²) in [6.45, 7) is 19.0. The number of carbonyl (C=O) groups is 2. The van der Waals surface area contributed by atoms with E-state index in [2.05, 4.69) is 168 Å². The van der Waals surface area contributed by atoms with Crippen LogP contribution in [0.1, 0.15) is 178 Å². The van der Waals surface area contributed by atoms with Crippen LogP contribution in [0, 0.1) is 55.4 Å². The second-order valence-electron chi connectivity index (χ2n) is 29.9. The highest BCUT2D eigenvalue weighted by Crippen LogP contribution is 2.42. The number of ether oxygens (including phenoxy) is 2. The van der Waals surface area contributed by atoms with Gasteiger partial charge in [-0.2, -0.15) is 9.97 Å². The molecule has 0 radical (unpaired) electrons. The quantitative estimate of drug-likeness (QED) is 0.0374. The molecule has 0 spiro atoms. The molecule has 0 atom stereocenters. The predicted octanol–water partition coefficient (Wildman–Crippen LogP) is 16.7. The van der Waals surface area contributed by atoms with Gasteiger partial charge in [0.1, 0.15) is 64.7 Å². The molecule has 14 rings (SSSR count). The Morgan fingerprint density at radius 2 is 0.812 bits per heavy atom. The van der Waals surface area contributed by atoms with Crippen molar-refractivity contribution < 1.29 is 63.6 Å². The molecular weight excluding hydrogens is 1530 g/mol. The standard InChI is InChI=1S/2C37H32O4S.C22H30N4O6S/c2*1-23-9-7-10-24(2)32(23)19-27-15-17-29-34(21-27)41-35-22-28(20-33-25(3)11-8-12-26(33)4)16-18-30(35)37(29)31-13-5-6-14-36(31)42(38,39)40;1-3-4-5-6-9-18-24-19(10-7-8-11-33(2,31)32)26-22(25-18)23-17-13-15(20(27)28)12-16(14-17)21(29)30/h2*5-19,21-22H,20H2,1-4H3,(H,38,39,40);12-14H,3-11H2,1-2H3,(H,27,28)(H,29,30)(H,23,24,25,26)/p-2/b2*27-19+;. The minimum atomic E-state index is -4.72. The summed E-state index contributed by atoms with van der Waals surface area (Å²) in [4.78, 5) is 35.5. The average Bonchev–Trinajstić information content (AvgIpc) is 0.746. The highest BCUT2D eigenvalue weighted by atomic mass is 32.2. The zero-order valence-corrected chi connectivity index (χ0v) is 69.4. The van der Waals surface area contributed by atoms with E-state index in [1.165, 1.54) is 86.2 Å². The van der Waals surface area contributed by atoms with E-state index in [1.807, 2.05) is 72.8 Å². The van der Waals surface area contributed by atoms with E-state index < -0.39 is 42.0 Å². The fourth-order valence-corrected chi connectivity index (χ4v) is 17.1. The minimum absolute atomic E-state index is 0.0903. The minimum Gasteiger partial charge on any atom is -0.744 e. The molecule has 600 valence electrons. The maximum absolute atomic E-state index is 12.4. The second-order valence-corrected chi connectivity index (χ2v) is 34.9. The van der Waals surface area contributed by atoms with Crippen LogP contribution < -0.4 is 35.7 Å². The van der Waals surface area contributed by atoms with Crippen molar-refractivity contribution in [3.05, 3.63) is 356 Å². The third kappa shape index (κ3) is 20.8. The van der Waals surface area contributed by atoms with Gasteiger partial charge in [0.2, 0.25) is 5.95 Å². The number of nitrogens with one attached hydrogen (secondary N) is 1. The van der Waals surface area contributed by atoms with Crippen molar-refractivity contribution in [2.45, 2.75) is 136 Å². The number of rotatable bonds is 24. The molecule has 3 N–H and O–H groups in total. The highest BCUT2D eigenvalue weighted by molar-refractivity contribution is 7.90. The zero-order chi connectivity index (χ0) is 83.6. The molecule has 11 aromatic carbocycles. The summed E-state index contributed by atoms with van der Waals surface area (Å²) in [7, 11) is -12.5. The Kier molecular flexibility index (Phi) is 26.3. The first-order valence-corrected chi connectivity index (χ1v) is 43.6. The van der Waals surface area contributed by atoms with Gasteiger partial charge < -0.3 is 34.1 Å². The number of unbranched alkanes of at least 4 members (excludes halogenated alkanes) is 4. The molecule has 2 aliphatic heterocycles. The first kappa shape index (κ1) is 84.4. The first-order chi connectivity index (χ1) is 55.8. The predicted molar refractivity (Wildman–Crippen MR) is 457 cm³/mol. The number of aromatic carboxylic acids is 2. The molecule has 2 aliphatic rings. The van der Waals surface area contributed by atoms with Crippen molar-refractivity contribution in [2.75, 3.05) is 17.3 Å². The van der Waals surface area contributed by atoms with Crippen LogP contribution in [0.25, 0.3) is 23.3 Å². The molecule has 21 heteroatoms. The van der Waals surface area contributed by atoms with Crippen molar-refractivity contribution in [3.8, 4) is 23.0 Å². The number of hydrogen-bond acceptors (Lipinski definition) is 16. The van der Waals surface area contributed by atoms with E-state index >= 15 is 0 Å². The largest absolute Gasteiger partial charge is 0.744 e. The molecule has 0 saturated heterocycles. The van der Waals surface area contributed by atoms with Gasteiger partial charge in [0.15, 0.2) is 0 Å². The summed E-state index contributed by atoms with van der Waals surface area (Å²) in [6.07, 6.45) is 13.3. The Balaban J connectivity index is 0.000000163. The summed E-state index contributed by atoms with van der Waals surface area (Å²) < 4.78 is 110. The molecule has 0 amide bonds. The Morgan fingerprint density at radius 3 is 1.20 bits per heavy atom. The normalized spacial score (nSPS) is 12.5. The number of aryl methyl sites for hydroxylation is 10. The van der Waals surface area contributed by atoms with Crippen molar-refractivity contribution in [1.29, 1.82) is 0 Å². The second kappa shape index (κ2) is 36.5. The Labute approximate surface area is 683 Å². The van der Waals surface area contributed by atoms with Crippen LogP contribution in [0.4, 0.5) is 11.6 Å². The van der Waals surface area contributed by atoms with Gasteiger partial charge in [-0.25, -0.2) is 39.8 Å². The molecule has 0 aliphatic carbocycles. The fourth-order valence-electron chi connectivity index (χ4n) is 15.0. The molecule has 0 saturated carbocycles. The lowest BCUT2D eigenvalue weighted by molar-refractivity contribution is 0.0696. The van der Waals surface area contributed by atoms with E-state index in [0.717, 1.165) is 98.8 Å². The summed E-state index contributed by atoms with van der Waals surface area (Å²) in [5.74, 6) is 1.33. The van der Waals surface area contributed by atoms with E-state index in [-0.39, 0.29) is 38.3 Å². The Bertz CT molecular complexity index is 6100. The van der Waals surface area contributed by atoms with Crippen molar-refractivity contribution in [1.82, 2.24) is 15.0 Å². The van der Waals surface area contributed by atoms with E-state index in [0.29, 0.717) is 82.6 Å². The lowest BCUT2D eigenvalue weighted by atomic mass is 9.90. The summed E-state index contributed by atoms with van der Waals surface area (Å²) >= 11 is 0. The third-order valence-corrected chi connectivity index (χ3v) is 23.9. The SMILES string of the molecule is CCCCCCc1nc(CCCCS(C)(=O)=O)nc(Nc2cc(C(=O)O)cc(C(=O)O)c2)n1.Cc1cccc(C)c1/C=c1\ccc2c(c1)Oc1cc(Cc3c(C)cccc3C)ccc1C=2c1ccccc1S(=O)(=O)[O-].Cc1cccc(C)c1/C=c1\ccc2c(c1)Oc1cc(Cc3c(C)cccc3C)ccc1C=2c1ccccc1S(=O)(=O)[O-]. The molecule has 117 heavy (non-hydrogen) atoms. The molecule has 18 nitrogen and oxygen atoms in total. The molecule has 3 heterocycles. The number of sulfone groups is 1. The van der Waals surface area contributed by atoms with E-state index in [4.69, 9.17) is 9.47 Å². The van der Waals surface area contributed by atoms with Gasteiger partial charge in [-0.1, -0.05) is 172 Å². The topological polar surface area (TPSA) is 292 Å². The van der Waals surface area contributed by atoms with Gasteiger partial charge in [-0.3, -0.25) is 0 Å². The average molecular weight is 1620 g/mol. The highest BCUT2D eigenvalue weighted by Gasteiger charge is 2.27. The third-order valence-electron chi connectivity index (χ3n) is 21.1. The fraction of sp³-hybridized carbons (Fsp3) is 0.219. The van der Waals surface area contributed by atoms with Crippen LogP contribution >= 0.6 is 0 Å². The van der Waals surface area contributed by atoms with Gasteiger partial charge in [-0.15, -0.1) is 0 Å². The molecule has 0 bridgehead atoms. The molecule has 0 fully saturated rings. The number of carboxylic acid groups (broad SMARTS) is 2. The summed E-state index contributed by atoms with van der Waals surface area (Å²) in [5.41, 5.74) is 20.1. The van der Waals surface area contributed by atoms with Crippen LogP contribution in [-0.2, 0) is 55.8 Å².